The predicted octanol–water partition coefficient (Wildman–Crippen LogP) is 0.956. The van der Waals surface area contributed by atoms with E-state index in [4.69, 9.17) is 11.5 Å². The highest BCUT2D eigenvalue weighted by atomic mass is 16.1. The lowest BCUT2D eigenvalue weighted by molar-refractivity contribution is -0.124. The van der Waals surface area contributed by atoms with Crippen molar-refractivity contribution in [2.24, 2.45) is 5.92 Å². The van der Waals surface area contributed by atoms with Crippen LogP contribution in [0.15, 0.2) is 18.2 Å². The van der Waals surface area contributed by atoms with Gasteiger partial charge in [-0.05, 0) is 37.0 Å². The normalized spacial score (nSPS) is 26.7. The van der Waals surface area contributed by atoms with Crippen LogP contribution in [0.4, 0.5) is 17.1 Å². The Bertz CT molecular complexity index is 502. The SMILES string of the molecule is Nc1ccc(N2CCC3NC(=O)CCC3C2)cc1N. The van der Waals surface area contributed by atoms with E-state index in [0.717, 1.165) is 31.6 Å². The molecule has 0 aliphatic carbocycles. The molecular formula is C14H20N4O. The third-order valence-corrected chi connectivity index (χ3v) is 4.26. The van der Waals surface area contributed by atoms with Gasteiger partial charge in [-0.3, -0.25) is 4.79 Å². The van der Waals surface area contributed by atoms with E-state index in [2.05, 4.69) is 10.2 Å². The minimum atomic E-state index is 0.200. The molecular weight excluding hydrogens is 240 g/mol. The van der Waals surface area contributed by atoms with Gasteiger partial charge in [0.25, 0.3) is 0 Å². The molecule has 2 heterocycles. The average Bonchev–Trinajstić information content (AvgIpc) is 2.41. The van der Waals surface area contributed by atoms with Crippen molar-refractivity contribution in [3.63, 3.8) is 0 Å². The smallest absolute Gasteiger partial charge is 0.220 e. The van der Waals surface area contributed by atoms with Crippen LogP contribution >= 0.6 is 0 Å². The molecule has 0 radical (unpaired) electrons. The van der Waals surface area contributed by atoms with Gasteiger partial charge in [0, 0.05) is 31.2 Å². The summed E-state index contributed by atoms with van der Waals surface area (Å²) in [6, 6.07) is 6.17. The fraction of sp³-hybridized carbons (Fsp3) is 0.500. The fourth-order valence-electron chi connectivity index (χ4n) is 3.10. The number of nitrogens with two attached hydrogens (primary N) is 2. The lowest BCUT2D eigenvalue weighted by Gasteiger charge is -2.42. The van der Waals surface area contributed by atoms with Gasteiger partial charge in [-0.25, -0.2) is 0 Å². The highest BCUT2D eigenvalue weighted by molar-refractivity contribution is 5.77. The van der Waals surface area contributed by atoms with E-state index in [9.17, 15) is 4.79 Å². The number of nitrogens with zero attached hydrogens (tertiary/aromatic N) is 1. The first-order chi connectivity index (χ1) is 9.13. The van der Waals surface area contributed by atoms with Crippen molar-refractivity contribution in [3.05, 3.63) is 18.2 Å². The second-order valence-electron chi connectivity index (χ2n) is 5.52. The molecule has 2 atom stereocenters. The van der Waals surface area contributed by atoms with Crippen LogP contribution in [0.3, 0.4) is 0 Å². The first kappa shape index (κ1) is 12.1. The highest BCUT2D eigenvalue weighted by Crippen LogP contribution is 2.30. The zero-order valence-electron chi connectivity index (χ0n) is 10.9. The van der Waals surface area contributed by atoms with Crippen molar-refractivity contribution >= 4 is 23.0 Å². The molecule has 2 aliphatic heterocycles. The Labute approximate surface area is 112 Å². The van der Waals surface area contributed by atoms with E-state index >= 15 is 0 Å². The van der Waals surface area contributed by atoms with Crippen LogP contribution < -0.4 is 21.7 Å². The second kappa shape index (κ2) is 4.64. The van der Waals surface area contributed by atoms with Crippen molar-refractivity contribution in [1.82, 2.24) is 5.32 Å². The first-order valence-electron chi connectivity index (χ1n) is 6.83. The van der Waals surface area contributed by atoms with Gasteiger partial charge in [0.2, 0.25) is 5.91 Å². The van der Waals surface area contributed by atoms with E-state index < -0.39 is 0 Å². The van der Waals surface area contributed by atoms with E-state index in [1.54, 1.807) is 0 Å². The Morgan fingerprint density at radius 1 is 1.21 bits per heavy atom. The highest BCUT2D eigenvalue weighted by Gasteiger charge is 2.33. The van der Waals surface area contributed by atoms with Crippen LogP contribution in [-0.2, 0) is 4.79 Å². The Morgan fingerprint density at radius 3 is 2.84 bits per heavy atom. The number of benzene rings is 1. The summed E-state index contributed by atoms with van der Waals surface area (Å²) < 4.78 is 0. The summed E-state index contributed by atoms with van der Waals surface area (Å²) >= 11 is 0. The van der Waals surface area contributed by atoms with E-state index in [-0.39, 0.29) is 5.91 Å². The Kier molecular flexibility index (Phi) is 2.97. The van der Waals surface area contributed by atoms with Crippen molar-refractivity contribution in [3.8, 4) is 0 Å². The second-order valence-corrected chi connectivity index (χ2v) is 5.52. The molecule has 0 aromatic heterocycles. The number of carbonyl (C=O) groups excluding carboxylic acids is 1. The molecule has 3 rings (SSSR count). The maximum Gasteiger partial charge on any atom is 0.220 e. The zero-order chi connectivity index (χ0) is 13.4. The Balaban J connectivity index is 1.74. The minimum absolute atomic E-state index is 0.200. The molecule has 19 heavy (non-hydrogen) atoms. The number of rotatable bonds is 1. The molecule has 102 valence electrons. The first-order valence-corrected chi connectivity index (χ1v) is 6.83. The zero-order valence-corrected chi connectivity index (χ0v) is 10.9. The minimum Gasteiger partial charge on any atom is -0.397 e. The number of nitrogens with one attached hydrogen (secondary N) is 1. The molecule has 0 saturated carbocycles. The summed E-state index contributed by atoms with van der Waals surface area (Å²) in [4.78, 5) is 13.7. The van der Waals surface area contributed by atoms with Crippen LogP contribution in [0.2, 0.25) is 0 Å². The number of fused-ring (bicyclic) bond motifs is 1. The molecule has 5 heteroatoms. The summed E-state index contributed by atoms with van der Waals surface area (Å²) in [5.74, 6) is 0.747. The summed E-state index contributed by atoms with van der Waals surface area (Å²) in [6.07, 6.45) is 2.64. The van der Waals surface area contributed by atoms with Crippen molar-refractivity contribution in [1.29, 1.82) is 0 Å². The largest absolute Gasteiger partial charge is 0.397 e. The molecule has 0 spiro atoms. The van der Waals surface area contributed by atoms with Gasteiger partial charge >= 0.3 is 0 Å². The van der Waals surface area contributed by atoms with Crippen molar-refractivity contribution in [2.45, 2.75) is 25.3 Å². The molecule has 1 aromatic carbocycles. The predicted molar refractivity (Wildman–Crippen MR) is 76.8 cm³/mol. The van der Waals surface area contributed by atoms with Gasteiger partial charge in [-0.2, -0.15) is 0 Å². The number of piperidine rings is 2. The molecule has 1 aromatic rings. The summed E-state index contributed by atoms with van der Waals surface area (Å²) in [5.41, 5.74) is 14.0. The summed E-state index contributed by atoms with van der Waals surface area (Å²) in [7, 11) is 0. The van der Waals surface area contributed by atoms with E-state index in [1.807, 2.05) is 18.2 Å². The van der Waals surface area contributed by atoms with Gasteiger partial charge in [0.15, 0.2) is 0 Å². The number of anilines is 3. The number of amides is 1. The van der Waals surface area contributed by atoms with E-state index in [0.29, 0.717) is 29.8 Å². The number of hydrogen-bond donors (Lipinski definition) is 3. The van der Waals surface area contributed by atoms with Crippen LogP contribution in [0.25, 0.3) is 0 Å². The van der Waals surface area contributed by atoms with Gasteiger partial charge in [0.05, 0.1) is 11.4 Å². The molecule has 0 bridgehead atoms. The molecule has 2 aliphatic rings. The summed E-state index contributed by atoms with van der Waals surface area (Å²) in [5, 5.41) is 3.10. The topological polar surface area (TPSA) is 84.4 Å². The van der Waals surface area contributed by atoms with Crippen LogP contribution in [-0.4, -0.2) is 25.0 Å². The van der Waals surface area contributed by atoms with Crippen LogP contribution in [0.1, 0.15) is 19.3 Å². The molecule has 5 nitrogen and oxygen atoms in total. The van der Waals surface area contributed by atoms with Crippen molar-refractivity contribution < 1.29 is 4.79 Å². The molecule has 2 saturated heterocycles. The Hall–Kier alpha value is -1.91. The maximum atomic E-state index is 11.4. The number of hydrogen-bond acceptors (Lipinski definition) is 4. The lowest BCUT2D eigenvalue weighted by Crippen LogP contribution is -2.54. The quantitative estimate of drug-likeness (QED) is 0.657. The molecule has 2 fully saturated rings. The number of nitrogen functional groups attached to an aromatic ring is 2. The third-order valence-electron chi connectivity index (χ3n) is 4.26. The van der Waals surface area contributed by atoms with Crippen LogP contribution in [0, 0.1) is 5.92 Å². The van der Waals surface area contributed by atoms with Crippen LogP contribution in [0.5, 0.6) is 0 Å². The van der Waals surface area contributed by atoms with Gasteiger partial charge in [-0.1, -0.05) is 0 Å². The maximum absolute atomic E-state index is 11.4. The number of carbonyl (C=O) groups is 1. The van der Waals surface area contributed by atoms with Gasteiger partial charge < -0.3 is 21.7 Å². The third kappa shape index (κ3) is 2.32. The molecule has 1 amide bonds. The monoisotopic (exact) mass is 260 g/mol. The Morgan fingerprint density at radius 2 is 2.05 bits per heavy atom. The fourth-order valence-corrected chi connectivity index (χ4v) is 3.10. The van der Waals surface area contributed by atoms with Gasteiger partial charge in [0.1, 0.15) is 0 Å². The lowest BCUT2D eigenvalue weighted by atomic mass is 9.85. The van der Waals surface area contributed by atoms with E-state index in [1.165, 1.54) is 0 Å². The summed E-state index contributed by atoms with van der Waals surface area (Å²) in [6.45, 7) is 1.93. The van der Waals surface area contributed by atoms with Gasteiger partial charge in [-0.15, -0.1) is 0 Å². The average molecular weight is 260 g/mol. The standard InChI is InChI=1S/C14H20N4O/c15-11-3-2-10(7-12(11)16)18-6-5-13-9(8-18)1-4-14(19)17-13/h2-3,7,9,13H,1,4-6,8,15-16H2,(H,17,19). The molecule has 2 unspecified atom stereocenters. The van der Waals surface area contributed by atoms with Crippen molar-refractivity contribution in [2.75, 3.05) is 29.5 Å². The molecule has 5 N–H and O–H groups in total.